The average molecular weight is 254 g/mol. The molecule has 0 saturated carbocycles. The second kappa shape index (κ2) is 5.14. The van der Waals surface area contributed by atoms with Gasteiger partial charge in [0.25, 0.3) is 0 Å². The number of aromatic nitrogens is 1. The Bertz CT molecular complexity index is 411. The molecule has 0 spiro atoms. The molecular weight excluding hydrogens is 236 g/mol. The highest BCUT2D eigenvalue weighted by Crippen LogP contribution is 2.28. The van der Waals surface area contributed by atoms with E-state index in [9.17, 15) is 4.79 Å². The number of aryl methyl sites for hydroxylation is 1. The summed E-state index contributed by atoms with van der Waals surface area (Å²) in [5.41, 5.74) is 0.844. The molecule has 94 valence electrons. The Labute approximate surface area is 106 Å². The molecule has 0 atom stereocenters. The molecule has 1 aliphatic rings. The first-order valence-electron chi connectivity index (χ1n) is 5.88. The fraction of sp³-hybridized carbons (Fsp3) is 0.667. The van der Waals surface area contributed by atoms with Crippen LogP contribution in [0.25, 0.3) is 0 Å². The predicted octanol–water partition coefficient (Wildman–Crippen LogP) is 2.27. The van der Waals surface area contributed by atoms with Gasteiger partial charge in [-0.05, 0) is 19.8 Å². The molecule has 0 N–H and O–H groups in total. The second-order valence-corrected chi connectivity index (χ2v) is 5.40. The summed E-state index contributed by atoms with van der Waals surface area (Å²) in [5.74, 6) is 0.103. The standard InChI is InChI=1S/C12H18N2O2S/c1-8-11(9(2)15)17-12(13-8)14(3)10-4-6-16-7-5-10/h10H,4-7H2,1-3H3. The van der Waals surface area contributed by atoms with Crippen LogP contribution in [0.5, 0.6) is 0 Å². The van der Waals surface area contributed by atoms with E-state index in [0.29, 0.717) is 6.04 Å². The quantitative estimate of drug-likeness (QED) is 0.776. The first-order chi connectivity index (χ1) is 8.09. The van der Waals surface area contributed by atoms with Crippen LogP contribution in [0.1, 0.15) is 35.1 Å². The highest BCUT2D eigenvalue weighted by molar-refractivity contribution is 7.17. The Balaban J connectivity index is 2.15. The van der Waals surface area contributed by atoms with E-state index in [1.54, 1.807) is 6.92 Å². The van der Waals surface area contributed by atoms with Crippen LogP contribution in [-0.4, -0.2) is 37.1 Å². The van der Waals surface area contributed by atoms with E-state index < -0.39 is 0 Å². The molecule has 2 heterocycles. The molecule has 0 radical (unpaired) electrons. The third-order valence-electron chi connectivity index (χ3n) is 3.15. The number of rotatable bonds is 3. The number of ketones is 1. The zero-order valence-corrected chi connectivity index (χ0v) is 11.3. The van der Waals surface area contributed by atoms with Gasteiger partial charge in [0.2, 0.25) is 0 Å². The van der Waals surface area contributed by atoms with Crippen LogP contribution in [0.3, 0.4) is 0 Å². The Morgan fingerprint density at radius 2 is 2.12 bits per heavy atom. The number of carbonyl (C=O) groups excluding carboxylic acids is 1. The maximum absolute atomic E-state index is 11.4. The largest absolute Gasteiger partial charge is 0.381 e. The lowest BCUT2D eigenvalue weighted by Gasteiger charge is -2.30. The number of anilines is 1. The van der Waals surface area contributed by atoms with Gasteiger partial charge in [0.15, 0.2) is 10.9 Å². The Morgan fingerprint density at radius 3 is 2.65 bits per heavy atom. The zero-order chi connectivity index (χ0) is 12.4. The topological polar surface area (TPSA) is 42.4 Å². The van der Waals surface area contributed by atoms with Gasteiger partial charge < -0.3 is 9.64 Å². The summed E-state index contributed by atoms with van der Waals surface area (Å²) in [6.07, 6.45) is 2.06. The predicted molar refractivity (Wildman–Crippen MR) is 69.1 cm³/mol. The number of ether oxygens (including phenoxy) is 1. The van der Waals surface area contributed by atoms with E-state index >= 15 is 0 Å². The minimum absolute atomic E-state index is 0.103. The summed E-state index contributed by atoms with van der Waals surface area (Å²) in [4.78, 5) is 18.9. The molecule has 0 aliphatic carbocycles. The highest BCUT2D eigenvalue weighted by atomic mass is 32.1. The van der Waals surface area contributed by atoms with Crippen molar-refractivity contribution in [1.29, 1.82) is 0 Å². The number of hydrogen-bond acceptors (Lipinski definition) is 5. The van der Waals surface area contributed by atoms with Crippen LogP contribution in [0.15, 0.2) is 0 Å². The van der Waals surface area contributed by atoms with E-state index in [1.165, 1.54) is 11.3 Å². The normalized spacial score (nSPS) is 17.1. The Morgan fingerprint density at radius 1 is 1.47 bits per heavy atom. The minimum atomic E-state index is 0.103. The van der Waals surface area contributed by atoms with Gasteiger partial charge in [-0.1, -0.05) is 11.3 Å². The summed E-state index contributed by atoms with van der Waals surface area (Å²) in [5, 5.41) is 0.944. The van der Waals surface area contributed by atoms with Crippen molar-refractivity contribution >= 4 is 22.3 Å². The van der Waals surface area contributed by atoms with Crippen molar-refractivity contribution in [2.75, 3.05) is 25.2 Å². The molecule has 1 fully saturated rings. The van der Waals surface area contributed by atoms with Crippen LogP contribution < -0.4 is 4.90 Å². The maximum Gasteiger partial charge on any atom is 0.186 e. The van der Waals surface area contributed by atoms with E-state index in [0.717, 1.165) is 41.8 Å². The van der Waals surface area contributed by atoms with Crippen LogP contribution in [-0.2, 0) is 4.74 Å². The third-order valence-corrected chi connectivity index (χ3v) is 4.49. The number of thiazole rings is 1. The lowest BCUT2D eigenvalue weighted by Crippen LogP contribution is -2.36. The van der Waals surface area contributed by atoms with Crippen molar-refractivity contribution in [1.82, 2.24) is 4.98 Å². The van der Waals surface area contributed by atoms with E-state index in [2.05, 4.69) is 16.9 Å². The average Bonchev–Trinajstić information content (AvgIpc) is 2.71. The lowest BCUT2D eigenvalue weighted by atomic mass is 10.1. The number of hydrogen-bond donors (Lipinski definition) is 0. The molecule has 1 saturated heterocycles. The maximum atomic E-state index is 11.4. The molecule has 0 amide bonds. The monoisotopic (exact) mass is 254 g/mol. The molecule has 1 aliphatic heterocycles. The van der Waals surface area contributed by atoms with Gasteiger partial charge in [-0.15, -0.1) is 0 Å². The van der Waals surface area contributed by atoms with Gasteiger partial charge in [-0.25, -0.2) is 4.98 Å². The SMILES string of the molecule is CC(=O)c1sc(N(C)C2CCOCC2)nc1C. The van der Waals surface area contributed by atoms with Crippen molar-refractivity contribution in [3.63, 3.8) is 0 Å². The van der Waals surface area contributed by atoms with Gasteiger partial charge in [0.1, 0.15) is 0 Å². The van der Waals surface area contributed by atoms with E-state index in [4.69, 9.17) is 4.74 Å². The highest BCUT2D eigenvalue weighted by Gasteiger charge is 2.22. The number of carbonyl (C=O) groups is 1. The molecular formula is C12H18N2O2S. The van der Waals surface area contributed by atoms with Gasteiger partial charge >= 0.3 is 0 Å². The molecule has 5 heteroatoms. The van der Waals surface area contributed by atoms with Gasteiger partial charge in [0, 0.05) is 33.2 Å². The van der Waals surface area contributed by atoms with Gasteiger partial charge in [-0.2, -0.15) is 0 Å². The molecule has 2 rings (SSSR count). The fourth-order valence-corrected chi connectivity index (χ4v) is 3.08. The third kappa shape index (κ3) is 2.66. The molecule has 17 heavy (non-hydrogen) atoms. The molecule has 1 aromatic rings. The van der Waals surface area contributed by atoms with Gasteiger partial charge in [0.05, 0.1) is 10.6 Å². The van der Waals surface area contributed by atoms with Crippen LogP contribution in [0.4, 0.5) is 5.13 Å². The smallest absolute Gasteiger partial charge is 0.186 e. The first-order valence-corrected chi connectivity index (χ1v) is 6.70. The van der Waals surface area contributed by atoms with Crippen LogP contribution in [0, 0.1) is 6.92 Å². The summed E-state index contributed by atoms with van der Waals surface area (Å²) < 4.78 is 5.36. The Hall–Kier alpha value is -0.940. The van der Waals surface area contributed by atoms with Crippen molar-refractivity contribution < 1.29 is 9.53 Å². The van der Waals surface area contributed by atoms with Crippen molar-refractivity contribution in [3.8, 4) is 0 Å². The fourth-order valence-electron chi connectivity index (χ4n) is 2.09. The van der Waals surface area contributed by atoms with Crippen molar-refractivity contribution in [2.24, 2.45) is 0 Å². The molecule has 0 aromatic carbocycles. The summed E-state index contributed by atoms with van der Waals surface area (Å²) in [7, 11) is 2.05. The zero-order valence-electron chi connectivity index (χ0n) is 10.5. The van der Waals surface area contributed by atoms with Gasteiger partial charge in [-0.3, -0.25) is 4.79 Å². The first kappa shape index (κ1) is 12.5. The molecule has 0 unspecified atom stereocenters. The van der Waals surface area contributed by atoms with Crippen LogP contribution in [0.2, 0.25) is 0 Å². The van der Waals surface area contributed by atoms with E-state index in [1.807, 2.05) is 6.92 Å². The number of nitrogens with zero attached hydrogens (tertiary/aromatic N) is 2. The van der Waals surface area contributed by atoms with E-state index in [-0.39, 0.29) is 5.78 Å². The summed E-state index contributed by atoms with van der Waals surface area (Å²) >= 11 is 1.49. The second-order valence-electron chi connectivity index (χ2n) is 4.42. The lowest BCUT2D eigenvalue weighted by molar-refractivity contribution is 0.0855. The summed E-state index contributed by atoms with van der Waals surface area (Å²) in [6, 6.07) is 0.481. The Kier molecular flexibility index (Phi) is 3.79. The molecule has 0 bridgehead atoms. The van der Waals surface area contributed by atoms with Crippen LogP contribution >= 0.6 is 11.3 Å². The van der Waals surface area contributed by atoms with Crippen molar-refractivity contribution in [3.05, 3.63) is 10.6 Å². The minimum Gasteiger partial charge on any atom is -0.381 e. The van der Waals surface area contributed by atoms with Crippen molar-refractivity contribution in [2.45, 2.75) is 32.7 Å². The molecule has 4 nitrogen and oxygen atoms in total. The summed E-state index contributed by atoms with van der Waals surface area (Å²) in [6.45, 7) is 5.13. The molecule has 1 aromatic heterocycles. The number of Topliss-reactive ketones (excluding diaryl/α,β-unsaturated/α-hetero) is 1.